The van der Waals surface area contributed by atoms with Gasteiger partial charge < -0.3 is 9.80 Å². The van der Waals surface area contributed by atoms with E-state index in [-0.39, 0.29) is 0 Å². The lowest BCUT2D eigenvalue weighted by molar-refractivity contribution is 0.602. The maximum atomic E-state index is 2.44. The highest BCUT2D eigenvalue weighted by Crippen LogP contribution is 2.45. The van der Waals surface area contributed by atoms with Gasteiger partial charge in [0.25, 0.3) is 0 Å². The molecule has 4 aliphatic carbocycles. The number of benzene rings is 10. The fourth-order valence-corrected chi connectivity index (χ4v) is 14.7. The summed E-state index contributed by atoms with van der Waals surface area (Å²) in [6.45, 7) is 0. The number of rotatable bonds is 16. The Morgan fingerprint density at radius 2 is 0.467 bits per heavy atom. The molecule has 14 rings (SSSR count). The lowest BCUT2D eigenvalue weighted by atomic mass is 9.91. The maximum Gasteiger partial charge on any atom is 0.0540 e. The zero-order valence-corrected chi connectivity index (χ0v) is 53.6. The molecule has 0 heterocycles. The van der Waals surface area contributed by atoms with Gasteiger partial charge in [0.15, 0.2) is 0 Å². The van der Waals surface area contributed by atoms with Gasteiger partial charge >= 0.3 is 0 Å². The smallest absolute Gasteiger partial charge is 0.0540 e. The molecule has 456 valence electrons. The normalized spacial score (nSPS) is 15.1. The van der Waals surface area contributed by atoms with Gasteiger partial charge in [-0.1, -0.05) is 254 Å². The molecule has 2 nitrogen and oxygen atoms in total. The first kappa shape index (κ1) is 60.1. The number of allylic oxidation sites excluding steroid dienone is 4. The van der Waals surface area contributed by atoms with Crippen LogP contribution in [0.2, 0.25) is 0 Å². The minimum atomic E-state index is 1.09. The lowest BCUT2D eigenvalue weighted by Gasteiger charge is -2.30. The van der Waals surface area contributed by atoms with E-state index in [0.717, 1.165) is 56.0 Å². The molecule has 0 aliphatic heterocycles. The van der Waals surface area contributed by atoms with Crippen molar-refractivity contribution in [2.75, 3.05) is 9.80 Å². The molecule has 92 heavy (non-hydrogen) atoms. The standard InChI is InChI=1S/C90H86N2/c1-7-21-67(22-8-1)61-71-37-49-77(50-38-71)87(78-51-39-72(40-52-78)62-68-23-9-2-10-24-68)65-75-45-57-83(58-46-75)91(81-29-15-5-16-30-81)89-35-19-34-86-85(89)33-20-36-90(86)92(82-31-17-6-18-32-82)84-59-47-76(48-60-84)66-88(79-53-41-73(42-54-79)63-69-25-11-3-12-26-69)80-55-43-74(44-56-80)64-70-27-13-4-14-28-70/h5-6,15-20,29-66H,1-4,7-14,21-28H2. The van der Waals surface area contributed by atoms with Gasteiger partial charge in [0.2, 0.25) is 0 Å². The summed E-state index contributed by atoms with van der Waals surface area (Å²) >= 11 is 0. The number of anilines is 6. The molecule has 0 spiro atoms. The SMILES string of the molecule is C(=C1CCCCC1)c1ccc(C(=Cc2ccc(N(c3ccccc3)c3cccc4c(N(c5ccccc5)c5ccc(C=C(c6ccc(C=C7CCCCC7)cc6)c6ccc(C=C7CCCCC7)cc6)cc5)cccc34)cc2)c2ccc(C=C3CCCCC3)cc2)cc1. The van der Waals surface area contributed by atoms with Crippen LogP contribution in [0.5, 0.6) is 0 Å². The number of fused-ring (bicyclic) bond motifs is 1. The Morgan fingerprint density at radius 1 is 0.217 bits per heavy atom. The summed E-state index contributed by atoms with van der Waals surface area (Å²) in [4.78, 5) is 4.85. The summed E-state index contributed by atoms with van der Waals surface area (Å²) < 4.78 is 0. The van der Waals surface area contributed by atoms with Crippen molar-refractivity contribution in [3.05, 3.63) is 321 Å². The summed E-state index contributed by atoms with van der Waals surface area (Å²) in [6.07, 6.45) is 40.2. The average molecular weight is 1200 g/mol. The maximum absolute atomic E-state index is 2.44. The molecule has 10 aromatic carbocycles. The Bertz CT molecular complexity index is 3850. The summed E-state index contributed by atoms with van der Waals surface area (Å²) in [5, 5.41) is 2.33. The minimum Gasteiger partial charge on any atom is -0.310 e. The fourth-order valence-electron chi connectivity index (χ4n) is 14.7. The Morgan fingerprint density at radius 3 is 0.739 bits per heavy atom. The van der Waals surface area contributed by atoms with Crippen LogP contribution in [0.1, 0.15) is 184 Å². The first-order chi connectivity index (χ1) is 45.6. The van der Waals surface area contributed by atoms with Crippen molar-refractivity contribution in [1.82, 2.24) is 0 Å². The number of nitrogens with zero attached hydrogens (tertiary/aromatic N) is 2. The molecule has 0 N–H and O–H groups in total. The Balaban J connectivity index is 0.798. The van der Waals surface area contributed by atoms with Crippen LogP contribution in [0.25, 0.3) is 58.4 Å². The van der Waals surface area contributed by atoms with E-state index in [9.17, 15) is 0 Å². The molecule has 0 saturated heterocycles. The minimum absolute atomic E-state index is 1.09. The number of hydrogen-bond donors (Lipinski definition) is 0. The van der Waals surface area contributed by atoms with Crippen molar-refractivity contribution in [2.24, 2.45) is 0 Å². The molecule has 4 aliphatic rings. The third-order valence-corrected chi connectivity index (χ3v) is 19.7. The molecule has 0 bridgehead atoms. The van der Waals surface area contributed by atoms with Crippen LogP contribution in [-0.2, 0) is 0 Å². The molecule has 0 amide bonds. The van der Waals surface area contributed by atoms with Gasteiger partial charge in [0.1, 0.15) is 0 Å². The van der Waals surface area contributed by atoms with Crippen molar-refractivity contribution in [3.63, 3.8) is 0 Å². The zero-order valence-electron chi connectivity index (χ0n) is 53.6. The second-order valence-electron chi connectivity index (χ2n) is 26.2. The number of hydrogen-bond acceptors (Lipinski definition) is 2. The van der Waals surface area contributed by atoms with E-state index in [4.69, 9.17) is 0 Å². The van der Waals surface area contributed by atoms with Gasteiger partial charge in [-0.25, -0.2) is 0 Å². The monoisotopic (exact) mass is 1190 g/mol. The van der Waals surface area contributed by atoms with Crippen LogP contribution in [-0.4, -0.2) is 0 Å². The lowest BCUT2D eigenvalue weighted by Crippen LogP contribution is -2.12. The van der Waals surface area contributed by atoms with Crippen molar-refractivity contribution >= 4 is 92.5 Å². The molecule has 0 atom stereocenters. The molecule has 2 heteroatoms. The van der Waals surface area contributed by atoms with Gasteiger partial charge in [0.05, 0.1) is 11.4 Å². The predicted molar refractivity (Wildman–Crippen MR) is 397 cm³/mol. The van der Waals surface area contributed by atoms with Crippen LogP contribution < -0.4 is 9.80 Å². The molecule has 0 radical (unpaired) electrons. The Labute approximate surface area is 548 Å². The molecule has 0 aromatic heterocycles. The van der Waals surface area contributed by atoms with E-state index in [2.05, 4.69) is 289 Å². The average Bonchev–Trinajstić information content (AvgIpc) is 0.797. The highest BCUT2D eigenvalue weighted by molar-refractivity contribution is 6.07. The third-order valence-electron chi connectivity index (χ3n) is 19.7. The van der Waals surface area contributed by atoms with Crippen LogP contribution in [0.4, 0.5) is 34.1 Å². The Hall–Kier alpha value is -9.50. The topological polar surface area (TPSA) is 6.48 Å². The molecule has 4 fully saturated rings. The fraction of sp³-hybridized carbons (Fsp3) is 0.222. The van der Waals surface area contributed by atoms with Crippen LogP contribution in [0, 0.1) is 0 Å². The van der Waals surface area contributed by atoms with Gasteiger partial charge in [-0.3, -0.25) is 0 Å². The highest BCUT2D eigenvalue weighted by atomic mass is 15.2. The molecular formula is C90H86N2. The molecule has 0 unspecified atom stereocenters. The zero-order chi connectivity index (χ0) is 61.7. The first-order valence-electron chi connectivity index (χ1n) is 34.6. The molecule has 10 aromatic rings. The second kappa shape index (κ2) is 29.2. The van der Waals surface area contributed by atoms with Gasteiger partial charge in [0, 0.05) is 33.5 Å². The third kappa shape index (κ3) is 14.6. The van der Waals surface area contributed by atoms with E-state index >= 15 is 0 Å². The highest BCUT2D eigenvalue weighted by Gasteiger charge is 2.21. The summed E-state index contributed by atoms with van der Waals surface area (Å²) in [5.41, 5.74) is 27.8. The van der Waals surface area contributed by atoms with Gasteiger partial charge in [-0.2, -0.15) is 0 Å². The van der Waals surface area contributed by atoms with E-state index < -0.39 is 0 Å². The second-order valence-corrected chi connectivity index (χ2v) is 26.2. The van der Waals surface area contributed by atoms with Crippen LogP contribution >= 0.6 is 0 Å². The van der Waals surface area contributed by atoms with E-state index in [1.54, 1.807) is 22.3 Å². The number of para-hydroxylation sites is 2. The summed E-state index contributed by atoms with van der Waals surface area (Å²) in [7, 11) is 0. The molecule has 4 saturated carbocycles. The van der Waals surface area contributed by atoms with Gasteiger partial charge in [-0.15, -0.1) is 0 Å². The molecular weight excluding hydrogens is 1110 g/mol. The summed E-state index contributed by atoms with van der Waals surface area (Å²) in [6, 6.07) is 90.8. The first-order valence-corrected chi connectivity index (χ1v) is 34.6. The predicted octanol–water partition coefficient (Wildman–Crippen LogP) is 26.3. The van der Waals surface area contributed by atoms with Gasteiger partial charge in [-0.05, 0) is 242 Å². The van der Waals surface area contributed by atoms with E-state index in [1.807, 2.05) is 0 Å². The van der Waals surface area contributed by atoms with Crippen LogP contribution in [0.3, 0.4) is 0 Å². The largest absolute Gasteiger partial charge is 0.310 e. The van der Waals surface area contributed by atoms with Crippen molar-refractivity contribution in [1.29, 1.82) is 0 Å². The summed E-state index contributed by atoms with van der Waals surface area (Å²) in [5.74, 6) is 0. The van der Waals surface area contributed by atoms with Crippen molar-refractivity contribution < 1.29 is 0 Å². The Kier molecular flexibility index (Phi) is 19.1. The van der Waals surface area contributed by atoms with Crippen molar-refractivity contribution in [2.45, 2.75) is 128 Å². The van der Waals surface area contributed by atoms with Crippen LogP contribution in [0.15, 0.2) is 265 Å². The van der Waals surface area contributed by atoms with E-state index in [1.165, 1.54) is 184 Å². The van der Waals surface area contributed by atoms with E-state index in [0.29, 0.717) is 0 Å². The quantitative estimate of drug-likeness (QED) is 0.0890. The van der Waals surface area contributed by atoms with Crippen molar-refractivity contribution in [3.8, 4) is 0 Å².